The Labute approximate surface area is 242 Å². The van der Waals surface area contributed by atoms with Crippen molar-refractivity contribution in [2.45, 2.75) is 20.1 Å². The van der Waals surface area contributed by atoms with Gasteiger partial charge in [-0.3, -0.25) is 0 Å². The summed E-state index contributed by atoms with van der Waals surface area (Å²) < 4.78 is 49.4. The summed E-state index contributed by atoms with van der Waals surface area (Å²) in [6.07, 6.45) is 2.54. The fraction of sp³-hybridized carbons (Fsp3) is 0.200. The molecule has 2 heterocycles. The zero-order valence-electron chi connectivity index (χ0n) is 22.4. The SMILES string of the molecule is Cc1cccc(COc2ccc(Nc3ncnc4cc(F)c(-c5ccc(CNCCS(C)(=O)=O)o5)cc34)cc2Cl)c1. The number of aromatic nitrogens is 2. The lowest BCUT2D eigenvalue weighted by atomic mass is 10.1. The smallest absolute Gasteiger partial charge is 0.148 e. The van der Waals surface area contributed by atoms with Gasteiger partial charge in [0, 0.05) is 29.9 Å². The number of ether oxygens (including phenoxy) is 1. The van der Waals surface area contributed by atoms with E-state index in [2.05, 4.69) is 26.7 Å². The fourth-order valence-electron chi connectivity index (χ4n) is 4.25. The number of halogens is 2. The minimum atomic E-state index is -3.06. The lowest BCUT2D eigenvalue weighted by molar-refractivity contribution is 0.306. The first-order valence-corrected chi connectivity index (χ1v) is 15.3. The van der Waals surface area contributed by atoms with Crippen LogP contribution in [0.25, 0.3) is 22.2 Å². The number of nitrogens with one attached hydrogen (secondary N) is 2. The Morgan fingerprint density at radius 1 is 1.05 bits per heavy atom. The molecule has 2 N–H and O–H groups in total. The third kappa shape index (κ3) is 7.40. The van der Waals surface area contributed by atoms with E-state index in [1.807, 2.05) is 31.2 Å². The molecule has 0 bridgehead atoms. The van der Waals surface area contributed by atoms with Gasteiger partial charge >= 0.3 is 0 Å². The number of anilines is 2. The van der Waals surface area contributed by atoms with E-state index in [4.69, 9.17) is 20.8 Å². The van der Waals surface area contributed by atoms with Gasteiger partial charge in [0.15, 0.2) is 0 Å². The molecule has 2 aromatic heterocycles. The van der Waals surface area contributed by atoms with E-state index in [0.717, 1.165) is 11.1 Å². The van der Waals surface area contributed by atoms with Crippen molar-refractivity contribution in [2.75, 3.05) is 23.9 Å². The number of benzene rings is 3. The topological polar surface area (TPSA) is 106 Å². The lowest BCUT2D eigenvalue weighted by Crippen LogP contribution is -2.21. The molecule has 5 aromatic rings. The Morgan fingerprint density at radius 3 is 2.68 bits per heavy atom. The molecule has 3 aromatic carbocycles. The van der Waals surface area contributed by atoms with Crippen LogP contribution in [-0.2, 0) is 23.0 Å². The molecule has 0 saturated carbocycles. The van der Waals surface area contributed by atoms with Crippen molar-refractivity contribution in [1.82, 2.24) is 15.3 Å². The number of nitrogens with zero attached hydrogens (tertiary/aromatic N) is 2. The van der Waals surface area contributed by atoms with Crippen LogP contribution in [-0.4, -0.2) is 36.9 Å². The van der Waals surface area contributed by atoms with Gasteiger partial charge < -0.3 is 19.8 Å². The summed E-state index contributed by atoms with van der Waals surface area (Å²) in [6.45, 7) is 3.02. The van der Waals surface area contributed by atoms with Gasteiger partial charge in [-0.25, -0.2) is 22.8 Å². The van der Waals surface area contributed by atoms with E-state index in [-0.39, 0.29) is 17.9 Å². The molecule has 41 heavy (non-hydrogen) atoms. The number of furan rings is 1. The number of fused-ring (bicyclic) bond motifs is 1. The van der Waals surface area contributed by atoms with Gasteiger partial charge in [-0.15, -0.1) is 0 Å². The zero-order chi connectivity index (χ0) is 29.0. The highest BCUT2D eigenvalue weighted by atomic mass is 35.5. The third-order valence-electron chi connectivity index (χ3n) is 6.27. The van der Waals surface area contributed by atoms with E-state index in [0.29, 0.717) is 57.9 Å². The van der Waals surface area contributed by atoms with Crippen LogP contribution in [0.2, 0.25) is 5.02 Å². The largest absolute Gasteiger partial charge is 0.487 e. The van der Waals surface area contributed by atoms with Gasteiger partial charge in [0.05, 0.1) is 28.4 Å². The van der Waals surface area contributed by atoms with Crippen molar-refractivity contribution in [3.63, 3.8) is 0 Å². The third-order valence-corrected chi connectivity index (χ3v) is 7.51. The Balaban J connectivity index is 1.32. The first-order chi connectivity index (χ1) is 19.6. The molecule has 212 valence electrons. The van der Waals surface area contributed by atoms with Crippen molar-refractivity contribution in [2.24, 2.45) is 0 Å². The number of rotatable bonds is 11. The lowest BCUT2D eigenvalue weighted by Gasteiger charge is -2.12. The van der Waals surface area contributed by atoms with E-state index in [1.54, 1.807) is 30.3 Å². The molecule has 0 aliphatic carbocycles. The average Bonchev–Trinajstić information content (AvgIpc) is 3.39. The van der Waals surface area contributed by atoms with Gasteiger partial charge in [0.1, 0.15) is 51.7 Å². The maximum atomic E-state index is 15.1. The van der Waals surface area contributed by atoms with Crippen LogP contribution >= 0.6 is 11.6 Å². The molecule has 0 saturated heterocycles. The van der Waals surface area contributed by atoms with Crippen molar-refractivity contribution in [3.8, 4) is 17.1 Å². The molecular weight excluding hydrogens is 567 g/mol. The van der Waals surface area contributed by atoms with Crippen LogP contribution in [0.1, 0.15) is 16.9 Å². The van der Waals surface area contributed by atoms with E-state index in [9.17, 15) is 8.42 Å². The molecule has 0 amide bonds. The Bertz CT molecular complexity index is 1810. The number of aryl methyl sites for hydroxylation is 1. The predicted molar refractivity (Wildman–Crippen MR) is 159 cm³/mol. The zero-order valence-corrected chi connectivity index (χ0v) is 24.0. The molecule has 0 aliphatic heterocycles. The van der Waals surface area contributed by atoms with Crippen LogP contribution in [0, 0.1) is 12.7 Å². The van der Waals surface area contributed by atoms with Gasteiger partial charge in [-0.05, 0) is 48.9 Å². The van der Waals surface area contributed by atoms with Crippen LogP contribution in [0.4, 0.5) is 15.9 Å². The molecule has 0 spiro atoms. The molecule has 0 unspecified atom stereocenters. The number of sulfone groups is 1. The molecule has 11 heteroatoms. The summed E-state index contributed by atoms with van der Waals surface area (Å²) in [4.78, 5) is 8.59. The van der Waals surface area contributed by atoms with Crippen LogP contribution in [0.3, 0.4) is 0 Å². The Morgan fingerprint density at radius 2 is 1.90 bits per heavy atom. The molecule has 5 rings (SSSR count). The van der Waals surface area contributed by atoms with Crippen LogP contribution in [0.5, 0.6) is 5.75 Å². The monoisotopic (exact) mass is 594 g/mol. The standard InChI is InChI=1S/C30H28ClFN4O4S/c1-19-4-3-5-20(12-19)17-39-29-8-6-21(13-25(29)31)36-30-24-14-23(26(32)15-27(24)34-18-35-30)28-9-7-22(40-28)16-33-10-11-41(2,37)38/h3-9,12-15,18,33H,10-11,16-17H2,1-2H3,(H,34,35,36). The van der Waals surface area contributed by atoms with Crippen molar-refractivity contribution >= 4 is 43.8 Å². The van der Waals surface area contributed by atoms with Crippen molar-refractivity contribution in [1.29, 1.82) is 0 Å². The highest BCUT2D eigenvalue weighted by Gasteiger charge is 2.15. The number of hydrogen-bond donors (Lipinski definition) is 2. The molecule has 0 fully saturated rings. The van der Waals surface area contributed by atoms with Crippen LogP contribution < -0.4 is 15.4 Å². The molecule has 0 radical (unpaired) electrons. The van der Waals surface area contributed by atoms with Gasteiger partial charge in [-0.1, -0.05) is 41.4 Å². The van der Waals surface area contributed by atoms with Gasteiger partial charge in [0.25, 0.3) is 0 Å². The Hall–Kier alpha value is -3.99. The summed E-state index contributed by atoms with van der Waals surface area (Å²) >= 11 is 6.51. The summed E-state index contributed by atoms with van der Waals surface area (Å²) in [5.41, 5.74) is 3.54. The second kappa shape index (κ2) is 12.3. The van der Waals surface area contributed by atoms with E-state index >= 15 is 4.39 Å². The van der Waals surface area contributed by atoms with Gasteiger partial charge in [0.2, 0.25) is 0 Å². The average molecular weight is 595 g/mol. The first kappa shape index (κ1) is 28.5. The van der Waals surface area contributed by atoms with E-state index < -0.39 is 15.7 Å². The molecular formula is C30H28ClFN4O4S. The van der Waals surface area contributed by atoms with E-state index in [1.165, 1.54) is 18.6 Å². The quantitative estimate of drug-likeness (QED) is 0.168. The van der Waals surface area contributed by atoms with Crippen LogP contribution in [0.15, 0.2) is 77.5 Å². The minimum Gasteiger partial charge on any atom is -0.487 e. The normalized spacial score (nSPS) is 11.6. The fourth-order valence-corrected chi connectivity index (χ4v) is 5.00. The highest BCUT2D eigenvalue weighted by Crippen LogP contribution is 2.34. The second-order valence-corrected chi connectivity index (χ2v) is 12.4. The maximum Gasteiger partial charge on any atom is 0.148 e. The number of hydrogen-bond acceptors (Lipinski definition) is 8. The van der Waals surface area contributed by atoms with Gasteiger partial charge in [-0.2, -0.15) is 0 Å². The maximum absolute atomic E-state index is 15.1. The highest BCUT2D eigenvalue weighted by molar-refractivity contribution is 7.90. The second-order valence-electron chi connectivity index (χ2n) is 9.69. The van der Waals surface area contributed by atoms with Crippen molar-refractivity contribution < 1.29 is 22.0 Å². The summed E-state index contributed by atoms with van der Waals surface area (Å²) in [5.74, 6) is 1.42. The van der Waals surface area contributed by atoms with Crippen molar-refractivity contribution in [3.05, 3.63) is 101 Å². The first-order valence-electron chi connectivity index (χ1n) is 12.8. The predicted octanol–water partition coefficient (Wildman–Crippen LogP) is 6.45. The summed E-state index contributed by atoms with van der Waals surface area (Å²) in [6, 6.07) is 19.8. The molecule has 0 aliphatic rings. The summed E-state index contributed by atoms with van der Waals surface area (Å²) in [7, 11) is -3.06. The minimum absolute atomic E-state index is 0.0179. The Kier molecular flexibility index (Phi) is 8.53. The summed E-state index contributed by atoms with van der Waals surface area (Å²) in [5, 5.41) is 7.28. The molecule has 8 nitrogen and oxygen atoms in total. The molecule has 0 atom stereocenters.